The highest BCUT2D eigenvalue weighted by Gasteiger charge is 2.22. The Kier molecular flexibility index (Phi) is 8.06. The summed E-state index contributed by atoms with van der Waals surface area (Å²) >= 11 is 1.24. The molecule has 3 aromatic rings. The van der Waals surface area contributed by atoms with Crippen LogP contribution in [0.15, 0.2) is 48.5 Å². The van der Waals surface area contributed by atoms with Crippen molar-refractivity contribution >= 4 is 44.0 Å². The van der Waals surface area contributed by atoms with Crippen molar-refractivity contribution in [3.63, 3.8) is 0 Å². The van der Waals surface area contributed by atoms with Gasteiger partial charge in [-0.25, -0.2) is 18.1 Å². The van der Waals surface area contributed by atoms with E-state index in [9.17, 15) is 18.0 Å². The van der Waals surface area contributed by atoms with Crippen molar-refractivity contribution in [3.8, 4) is 11.8 Å². The van der Waals surface area contributed by atoms with E-state index >= 15 is 0 Å². The minimum absolute atomic E-state index is 0.0204. The van der Waals surface area contributed by atoms with E-state index in [2.05, 4.69) is 16.4 Å². The summed E-state index contributed by atoms with van der Waals surface area (Å²) in [6.45, 7) is 1.96. The van der Waals surface area contributed by atoms with Gasteiger partial charge >= 0.3 is 0 Å². The molecule has 0 bridgehead atoms. The molecule has 1 heterocycles. The Balaban J connectivity index is 1.91. The number of nitrogens with zero attached hydrogens (tertiary/aromatic N) is 3. The Labute approximate surface area is 207 Å². The first-order valence-corrected chi connectivity index (χ1v) is 13.0. The van der Waals surface area contributed by atoms with Gasteiger partial charge in [-0.05, 0) is 48.9 Å². The summed E-state index contributed by atoms with van der Waals surface area (Å²) in [5.41, 5.74) is 2.13. The van der Waals surface area contributed by atoms with Gasteiger partial charge in [-0.15, -0.1) is 11.3 Å². The van der Waals surface area contributed by atoms with Crippen LogP contribution in [0.2, 0.25) is 0 Å². The van der Waals surface area contributed by atoms with E-state index < -0.39 is 15.9 Å². The number of nitrogens with one attached hydrogen (secondary N) is 2. The first-order chi connectivity index (χ1) is 16.6. The number of aryl methyl sites for hydroxylation is 1. The van der Waals surface area contributed by atoms with Crippen LogP contribution in [0, 0.1) is 18.3 Å². The zero-order valence-electron chi connectivity index (χ0n) is 19.2. The van der Waals surface area contributed by atoms with Crippen LogP contribution in [0.5, 0.6) is 5.75 Å². The van der Waals surface area contributed by atoms with Crippen LogP contribution in [-0.4, -0.2) is 45.1 Å². The zero-order chi connectivity index (χ0) is 25.6. The number of thiazole rings is 1. The van der Waals surface area contributed by atoms with Gasteiger partial charge in [0, 0.05) is 17.6 Å². The molecule has 10 nitrogen and oxygen atoms in total. The average molecular weight is 514 g/mol. The van der Waals surface area contributed by atoms with Gasteiger partial charge in [-0.1, -0.05) is 12.1 Å². The van der Waals surface area contributed by atoms with E-state index in [-0.39, 0.29) is 18.2 Å². The maximum atomic E-state index is 12.4. The summed E-state index contributed by atoms with van der Waals surface area (Å²) in [6.07, 6.45) is 0.901. The first kappa shape index (κ1) is 25.7. The van der Waals surface area contributed by atoms with Crippen molar-refractivity contribution in [2.24, 2.45) is 0 Å². The molecule has 0 saturated carbocycles. The number of amides is 2. The number of hydrogen-bond acceptors (Lipinski definition) is 9. The summed E-state index contributed by atoms with van der Waals surface area (Å²) in [6, 6.07) is 16.1. The van der Waals surface area contributed by atoms with Gasteiger partial charge in [0.2, 0.25) is 10.0 Å². The van der Waals surface area contributed by atoms with E-state index in [1.807, 2.05) is 21.8 Å². The van der Waals surface area contributed by atoms with Crippen LogP contribution < -0.4 is 19.7 Å². The van der Waals surface area contributed by atoms with Crippen molar-refractivity contribution in [2.75, 3.05) is 24.8 Å². The molecular weight excluding hydrogens is 490 g/mol. The van der Waals surface area contributed by atoms with E-state index in [0.717, 1.165) is 17.5 Å². The van der Waals surface area contributed by atoms with E-state index in [4.69, 9.17) is 10.00 Å². The molecular formula is C23H23N5O5S2. The van der Waals surface area contributed by atoms with Crippen LogP contribution in [0.4, 0.5) is 10.8 Å². The summed E-state index contributed by atoms with van der Waals surface area (Å²) in [5.74, 6) is -0.507. The van der Waals surface area contributed by atoms with Crippen LogP contribution in [0.1, 0.15) is 26.5 Å². The van der Waals surface area contributed by atoms with Gasteiger partial charge in [0.1, 0.15) is 11.4 Å². The van der Waals surface area contributed by atoms with E-state index in [1.54, 1.807) is 43.3 Å². The third-order valence-electron chi connectivity index (χ3n) is 4.73. The lowest BCUT2D eigenvalue weighted by molar-refractivity contribution is -0.122. The molecule has 0 aliphatic rings. The number of hydrogen-bond donors (Lipinski definition) is 2. The highest BCUT2D eigenvalue weighted by molar-refractivity contribution is 7.89. The SMILES string of the molecule is CNC(=O)COc1ccc(CN(c2ccc(C#N)cc2)c2nc(C(=O)NS(C)(=O)=O)c(C)s2)cc1. The zero-order valence-corrected chi connectivity index (χ0v) is 20.9. The molecule has 2 amide bonds. The highest BCUT2D eigenvalue weighted by Crippen LogP contribution is 2.33. The number of carbonyl (C=O) groups is 2. The monoisotopic (exact) mass is 513 g/mol. The number of nitriles is 1. The second-order valence-corrected chi connectivity index (χ2v) is 10.4. The molecule has 2 aromatic carbocycles. The number of carbonyl (C=O) groups excluding carboxylic acids is 2. The lowest BCUT2D eigenvalue weighted by Crippen LogP contribution is -2.30. The fourth-order valence-corrected chi connectivity index (χ4v) is 4.36. The number of aromatic nitrogens is 1. The third-order valence-corrected chi connectivity index (χ3v) is 6.28. The quantitative estimate of drug-likeness (QED) is 0.444. The number of benzene rings is 2. The van der Waals surface area contributed by atoms with Crippen molar-refractivity contribution < 1.29 is 22.7 Å². The number of sulfonamides is 1. The molecule has 0 unspecified atom stereocenters. The molecule has 182 valence electrons. The maximum absolute atomic E-state index is 12.4. The fraction of sp³-hybridized carbons (Fsp3) is 0.217. The lowest BCUT2D eigenvalue weighted by atomic mass is 10.1. The van der Waals surface area contributed by atoms with Gasteiger partial charge < -0.3 is 15.0 Å². The molecule has 0 radical (unpaired) electrons. The number of rotatable bonds is 9. The van der Waals surface area contributed by atoms with Gasteiger partial charge in [-0.3, -0.25) is 9.59 Å². The topological polar surface area (TPSA) is 141 Å². The van der Waals surface area contributed by atoms with Crippen LogP contribution in [0.3, 0.4) is 0 Å². The lowest BCUT2D eigenvalue weighted by Gasteiger charge is -2.22. The van der Waals surface area contributed by atoms with Crippen molar-refractivity contribution in [3.05, 3.63) is 70.2 Å². The number of likely N-dealkylation sites (N-methyl/N-ethyl adjacent to an activating group) is 1. The molecule has 2 N–H and O–H groups in total. The summed E-state index contributed by atoms with van der Waals surface area (Å²) in [4.78, 5) is 30.6. The Morgan fingerprint density at radius 3 is 2.37 bits per heavy atom. The number of ether oxygens (including phenoxy) is 1. The molecule has 35 heavy (non-hydrogen) atoms. The molecule has 0 aliphatic heterocycles. The fourth-order valence-electron chi connectivity index (χ4n) is 3.01. The molecule has 12 heteroatoms. The largest absolute Gasteiger partial charge is 0.484 e. The molecule has 0 aliphatic carbocycles. The number of anilines is 2. The molecule has 3 rings (SSSR count). The second-order valence-electron chi connectivity index (χ2n) is 7.46. The Bertz CT molecular complexity index is 1360. The molecule has 1 aromatic heterocycles. The maximum Gasteiger partial charge on any atom is 0.284 e. The molecule has 0 spiro atoms. The molecule has 0 fully saturated rings. The van der Waals surface area contributed by atoms with E-state index in [1.165, 1.54) is 18.4 Å². The van der Waals surface area contributed by atoms with Crippen molar-refractivity contribution in [2.45, 2.75) is 13.5 Å². The first-order valence-electron chi connectivity index (χ1n) is 10.3. The van der Waals surface area contributed by atoms with E-state index in [0.29, 0.717) is 27.9 Å². The Morgan fingerprint density at radius 1 is 1.14 bits per heavy atom. The predicted octanol–water partition coefficient (Wildman–Crippen LogP) is 2.48. The van der Waals surface area contributed by atoms with Crippen LogP contribution in [0.25, 0.3) is 0 Å². The van der Waals surface area contributed by atoms with Gasteiger partial charge in [0.05, 0.1) is 24.4 Å². The van der Waals surface area contributed by atoms with Gasteiger partial charge in [-0.2, -0.15) is 5.26 Å². The molecule has 0 saturated heterocycles. The standard InChI is InChI=1S/C23H23N5O5S2/c1-15-21(22(30)27-35(3,31)32)26-23(34-15)28(18-8-4-16(12-24)5-9-18)13-17-6-10-19(11-7-17)33-14-20(29)25-2/h4-11H,13-14H2,1-3H3,(H,25,29)(H,27,30). The average Bonchev–Trinajstić information content (AvgIpc) is 3.22. The smallest absolute Gasteiger partial charge is 0.284 e. The highest BCUT2D eigenvalue weighted by atomic mass is 32.2. The Hall–Kier alpha value is -3.95. The minimum Gasteiger partial charge on any atom is -0.484 e. The van der Waals surface area contributed by atoms with Gasteiger partial charge in [0.15, 0.2) is 11.7 Å². The predicted molar refractivity (Wildman–Crippen MR) is 132 cm³/mol. The van der Waals surface area contributed by atoms with Gasteiger partial charge in [0.25, 0.3) is 11.8 Å². The summed E-state index contributed by atoms with van der Waals surface area (Å²) in [5, 5.41) is 12.1. The van der Waals surface area contributed by atoms with Crippen LogP contribution in [-0.2, 0) is 21.4 Å². The summed E-state index contributed by atoms with van der Waals surface area (Å²) in [7, 11) is -2.21. The normalized spacial score (nSPS) is 10.8. The van der Waals surface area contributed by atoms with Crippen molar-refractivity contribution in [1.82, 2.24) is 15.0 Å². The van der Waals surface area contributed by atoms with Crippen LogP contribution >= 0.6 is 11.3 Å². The third kappa shape index (κ3) is 7.02. The Morgan fingerprint density at radius 2 is 1.80 bits per heavy atom. The second kappa shape index (κ2) is 11.0. The molecule has 0 atom stereocenters. The minimum atomic E-state index is -3.74. The summed E-state index contributed by atoms with van der Waals surface area (Å²) < 4.78 is 30.4. The van der Waals surface area contributed by atoms with Crippen molar-refractivity contribution in [1.29, 1.82) is 5.26 Å².